The van der Waals surface area contributed by atoms with E-state index in [1.54, 1.807) is 25.5 Å². The number of imidazole rings is 1. The van der Waals surface area contributed by atoms with Gasteiger partial charge in [0.25, 0.3) is 0 Å². The minimum absolute atomic E-state index is 0.222. The number of ether oxygens (including phenoxy) is 1. The van der Waals surface area contributed by atoms with Gasteiger partial charge in [0.15, 0.2) is 0 Å². The zero-order chi connectivity index (χ0) is 15.8. The summed E-state index contributed by atoms with van der Waals surface area (Å²) < 4.78 is 6.99. The van der Waals surface area contributed by atoms with E-state index in [9.17, 15) is 4.79 Å². The molecule has 0 amide bonds. The number of hydrogen-bond acceptors (Lipinski definition) is 4. The molecule has 0 atom stereocenters. The van der Waals surface area contributed by atoms with E-state index in [-0.39, 0.29) is 6.61 Å². The first-order valence-electron chi connectivity index (χ1n) is 6.95. The molecule has 0 aliphatic rings. The molecule has 0 spiro atoms. The highest BCUT2D eigenvalue weighted by Crippen LogP contribution is 2.08. The van der Waals surface area contributed by atoms with Crippen molar-refractivity contribution < 1.29 is 9.53 Å². The number of benzene rings is 1. The van der Waals surface area contributed by atoms with Crippen molar-refractivity contribution in [1.29, 1.82) is 0 Å². The Kier molecular flexibility index (Phi) is 5.54. The second-order valence-electron chi connectivity index (χ2n) is 4.90. The average molecular weight is 297 g/mol. The number of nitrogens with two attached hydrogens (primary N) is 1. The molecule has 0 saturated heterocycles. The first kappa shape index (κ1) is 15.6. The highest BCUT2D eigenvalue weighted by atomic mass is 16.5. The van der Waals surface area contributed by atoms with Gasteiger partial charge in [0, 0.05) is 30.7 Å². The molecule has 1 aromatic carbocycles. The SMILES string of the molecule is C/C(N)=C/C(=O)OCC=Cc1ccc(Cn2ccnc2)cc1. The predicted molar refractivity (Wildman–Crippen MR) is 85.7 cm³/mol. The molecule has 0 aliphatic carbocycles. The van der Waals surface area contributed by atoms with Crippen LogP contribution in [-0.4, -0.2) is 22.1 Å². The second-order valence-corrected chi connectivity index (χ2v) is 4.90. The summed E-state index contributed by atoms with van der Waals surface area (Å²) in [6, 6.07) is 8.17. The number of allylic oxidation sites excluding steroid dienone is 1. The van der Waals surface area contributed by atoms with E-state index in [0.717, 1.165) is 12.1 Å². The van der Waals surface area contributed by atoms with Crippen LogP contribution in [0.1, 0.15) is 18.1 Å². The lowest BCUT2D eigenvalue weighted by molar-refractivity contribution is -0.136. The third kappa shape index (κ3) is 5.28. The van der Waals surface area contributed by atoms with Crippen LogP contribution in [0.4, 0.5) is 0 Å². The van der Waals surface area contributed by atoms with Crippen LogP contribution in [0.2, 0.25) is 0 Å². The zero-order valence-corrected chi connectivity index (χ0v) is 12.5. The molecule has 5 nitrogen and oxygen atoms in total. The average Bonchev–Trinajstić information content (AvgIpc) is 2.97. The number of rotatable bonds is 6. The van der Waals surface area contributed by atoms with Gasteiger partial charge in [-0.2, -0.15) is 0 Å². The summed E-state index contributed by atoms with van der Waals surface area (Å²) in [6.45, 7) is 2.66. The summed E-state index contributed by atoms with van der Waals surface area (Å²) in [7, 11) is 0. The maximum atomic E-state index is 11.2. The summed E-state index contributed by atoms with van der Waals surface area (Å²) in [5.41, 5.74) is 8.07. The minimum atomic E-state index is -0.430. The molecule has 2 aromatic rings. The fourth-order valence-electron chi connectivity index (χ4n) is 1.87. The Bertz CT molecular complexity index is 652. The monoisotopic (exact) mass is 297 g/mol. The Morgan fingerprint density at radius 1 is 1.36 bits per heavy atom. The lowest BCUT2D eigenvalue weighted by Crippen LogP contribution is -2.03. The second kappa shape index (κ2) is 7.83. The van der Waals surface area contributed by atoms with Gasteiger partial charge >= 0.3 is 5.97 Å². The minimum Gasteiger partial charge on any atom is -0.458 e. The molecular weight excluding hydrogens is 278 g/mol. The molecule has 2 rings (SSSR count). The largest absolute Gasteiger partial charge is 0.458 e. The van der Waals surface area contributed by atoms with E-state index in [2.05, 4.69) is 17.1 Å². The number of carbonyl (C=O) groups excluding carboxylic acids is 1. The van der Waals surface area contributed by atoms with Crippen molar-refractivity contribution in [2.45, 2.75) is 13.5 Å². The third-order valence-electron chi connectivity index (χ3n) is 2.88. The van der Waals surface area contributed by atoms with Crippen LogP contribution in [0.5, 0.6) is 0 Å². The van der Waals surface area contributed by atoms with Crippen molar-refractivity contribution in [3.8, 4) is 0 Å². The van der Waals surface area contributed by atoms with Gasteiger partial charge in [-0.25, -0.2) is 9.78 Å². The lowest BCUT2D eigenvalue weighted by Gasteiger charge is -2.03. The maximum absolute atomic E-state index is 11.2. The van der Waals surface area contributed by atoms with Crippen molar-refractivity contribution in [1.82, 2.24) is 9.55 Å². The standard InChI is InChI=1S/C17H19N3O2/c1-14(18)11-17(21)22-10-2-3-15-4-6-16(7-5-15)12-20-9-8-19-13-20/h2-9,11,13H,10,12,18H2,1H3/b3-2?,14-11-. The molecule has 0 aliphatic heterocycles. The molecule has 0 saturated carbocycles. The maximum Gasteiger partial charge on any atom is 0.332 e. The van der Waals surface area contributed by atoms with Crippen LogP contribution >= 0.6 is 0 Å². The van der Waals surface area contributed by atoms with Crippen LogP contribution in [0.15, 0.2) is 60.8 Å². The normalized spacial score (nSPS) is 11.8. The van der Waals surface area contributed by atoms with E-state index in [0.29, 0.717) is 5.70 Å². The van der Waals surface area contributed by atoms with E-state index in [4.69, 9.17) is 10.5 Å². The molecule has 2 N–H and O–H groups in total. The van der Waals surface area contributed by atoms with Gasteiger partial charge in [-0.05, 0) is 24.1 Å². The Morgan fingerprint density at radius 2 is 2.14 bits per heavy atom. The fraction of sp³-hybridized carbons (Fsp3) is 0.176. The summed E-state index contributed by atoms with van der Waals surface area (Å²) >= 11 is 0. The molecule has 0 bridgehead atoms. The van der Waals surface area contributed by atoms with Crippen molar-refractivity contribution in [2.75, 3.05) is 6.61 Å². The van der Waals surface area contributed by atoms with Crippen molar-refractivity contribution in [3.05, 3.63) is 72.0 Å². The molecule has 0 fully saturated rings. The van der Waals surface area contributed by atoms with E-state index in [1.807, 2.05) is 29.0 Å². The van der Waals surface area contributed by atoms with Crippen molar-refractivity contribution in [3.63, 3.8) is 0 Å². The van der Waals surface area contributed by atoms with Gasteiger partial charge in [0.1, 0.15) is 6.61 Å². The summed E-state index contributed by atoms with van der Waals surface area (Å²) in [5.74, 6) is -0.430. The molecule has 0 radical (unpaired) electrons. The Balaban J connectivity index is 1.82. The summed E-state index contributed by atoms with van der Waals surface area (Å²) in [6.07, 6.45) is 10.5. The number of nitrogens with zero attached hydrogens (tertiary/aromatic N) is 2. The lowest BCUT2D eigenvalue weighted by atomic mass is 10.1. The van der Waals surface area contributed by atoms with Gasteiger partial charge in [0.2, 0.25) is 0 Å². The highest BCUT2D eigenvalue weighted by Gasteiger charge is 1.96. The quantitative estimate of drug-likeness (QED) is 0.656. The van der Waals surface area contributed by atoms with Crippen LogP contribution < -0.4 is 5.73 Å². The van der Waals surface area contributed by atoms with Gasteiger partial charge in [0.05, 0.1) is 6.33 Å². The van der Waals surface area contributed by atoms with Gasteiger partial charge < -0.3 is 15.0 Å². The van der Waals surface area contributed by atoms with Crippen LogP contribution in [-0.2, 0) is 16.1 Å². The number of hydrogen-bond donors (Lipinski definition) is 1. The smallest absolute Gasteiger partial charge is 0.332 e. The van der Waals surface area contributed by atoms with Crippen LogP contribution in [0.3, 0.4) is 0 Å². The Hall–Kier alpha value is -2.82. The first-order chi connectivity index (χ1) is 10.6. The topological polar surface area (TPSA) is 70.1 Å². The van der Waals surface area contributed by atoms with Crippen LogP contribution in [0.25, 0.3) is 6.08 Å². The number of aromatic nitrogens is 2. The molecule has 1 heterocycles. The Labute approximate surface area is 129 Å². The van der Waals surface area contributed by atoms with Crippen molar-refractivity contribution >= 4 is 12.0 Å². The van der Waals surface area contributed by atoms with E-state index < -0.39 is 5.97 Å². The van der Waals surface area contributed by atoms with Gasteiger partial charge in [-0.15, -0.1) is 0 Å². The zero-order valence-electron chi connectivity index (χ0n) is 12.5. The number of esters is 1. The molecule has 5 heteroatoms. The molecule has 22 heavy (non-hydrogen) atoms. The van der Waals surface area contributed by atoms with Gasteiger partial charge in [-0.3, -0.25) is 0 Å². The van der Waals surface area contributed by atoms with Crippen LogP contribution in [0, 0.1) is 0 Å². The number of carbonyl (C=O) groups is 1. The predicted octanol–water partition coefficient (Wildman–Crippen LogP) is 2.35. The third-order valence-corrected chi connectivity index (χ3v) is 2.88. The van der Waals surface area contributed by atoms with Gasteiger partial charge in [-0.1, -0.05) is 30.3 Å². The Morgan fingerprint density at radius 3 is 2.77 bits per heavy atom. The molecule has 114 valence electrons. The molecular formula is C17H19N3O2. The molecule has 1 aromatic heterocycles. The summed E-state index contributed by atoms with van der Waals surface area (Å²) in [4.78, 5) is 15.3. The summed E-state index contributed by atoms with van der Waals surface area (Å²) in [5, 5.41) is 0. The van der Waals surface area contributed by atoms with Crippen molar-refractivity contribution in [2.24, 2.45) is 5.73 Å². The molecule has 0 unspecified atom stereocenters. The van der Waals surface area contributed by atoms with E-state index >= 15 is 0 Å². The fourth-order valence-corrected chi connectivity index (χ4v) is 1.87. The highest BCUT2D eigenvalue weighted by molar-refractivity contribution is 5.82. The first-order valence-corrected chi connectivity index (χ1v) is 6.95. The van der Waals surface area contributed by atoms with E-state index in [1.165, 1.54) is 11.6 Å².